The number of hydrogen-bond acceptors (Lipinski definition) is 3. The third-order valence-electron chi connectivity index (χ3n) is 2.98. The molecule has 1 aromatic rings. The average molecular weight is 251 g/mol. The summed E-state index contributed by atoms with van der Waals surface area (Å²) in [7, 11) is 1.62. The summed E-state index contributed by atoms with van der Waals surface area (Å²) in [6, 6.07) is 7.07. The number of carbonyl (C=O) groups is 1. The first-order valence-corrected chi connectivity index (χ1v) is 6.08. The zero-order valence-corrected chi connectivity index (χ0v) is 11.3. The van der Waals surface area contributed by atoms with E-state index >= 15 is 0 Å². The topological polar surface area (TPSA) is 58.6 Å². The largest absolute Gasteiger partial charge is 0.497 e. The van der Waals surface area contributed by atoms with Gasteiger partial charge in [0.15, 0.2) is 0 Å². The van der Waals surface area contributed by atoms with Gasteiger partial charge in [0.25, 0.3) is 0 Å². The van der Waals surface area contributed by atoms with Crippen LogP contribution in [0.25, 0.3) is 0 Å². The van der Waals surface area contributed by atoms with Gasteiger partial charge in [-0.05, 0) is 30.5 Å². The van der Waals surface area contributed by atoms with E-state index < -0.39 is 12.0 Å². The Bertz CT molecular complexity index is 387. The second kappa shape index (κ2) is 6.40. The van der Waals surface area contributed by atoms with Crippen LogP contribution in [0.3, 0.4) is 0 Å². The fraction of sp³-hybridized carbons (Fsp3) is 0.500. The highest BCUT2D eigenvalue weighted by Gasteiger charge is 2.23. The van der Waals surface area contributed by atoms with Crippen molar-refractivity contribution in [2.45, 2.75) is 32.9 Å². The number of hydrogen-bond donors (Lipinski definition) is 2. The summed E-state index contributed by atoms with van der Waals surface area (Å²) >= 11 is 0. The van der Waals surface area contributed by atoms with Crippen LogP contribution in [0.1, 0.15) is 32.4 Å². The summed E-state index contributed by atoms with van der Waals surface area (Å²) in [6.45, 7) is 5.75. The SMILES string of the molecule is COc1ccc(C(C)NC(C(=O)O)C(C)C)cc1. The molecule has 0 radical (unpaired) electrons. The fourth-order valence-electron chi connectivity index (χ4n) is 1.81. The molecule has 100 valence electrons. The molecule has 0 aliphatic carbocycles. The molecule has 0 saturated carbocycles. The van der Waals surface area contributed by atoms with E-state index in [9.17, 15) is 4.79 Å². The monoisotopic (exact) mass is 251 g/mol. The zero-order valence-electron chi connectivity index (χ0n) is 11.3. The Kier molecular flexibility index (Phi) is 5.16. The molecule has 0 aliphatic rings. The van der Waals surface area contributed by atoms with Crippen molar-refractivity contribution in [1.82, 2.24) is 5.32 Å². The minimum absolute atomic E-state index is 0.0144. The van der Waals surface area contributed by atoms with Crippen LogP contribution < -0.4 is 10.1 Å². The number of carboxylic acid groups (broad SMARTS) is 1. The molecule has 4 heteroatoms. The Labute approximate surface area is 108 Å². The number of rotatable bonds is 6. The first kappa shape index (κ1) is 14.5. The van der Waals surface area contributed by atoms with E-state index in [2.05, 4.69) is 5.32 Å². The van der Waals surface area contributed by atoms with E-state index in [1.807, 2.05) is 45.0 Å². The van der Waals surface area contributed by atoms with Gasteiger partial charge in [-0.15, -0.1) is 0 Å². The minimum atomic E-state index is -0.814. The van der Waals surface area contributed by atoms with Gasteiger partial charge in [-0.3, -0.25) is 10.1 Å². The summed E-state index contributed by atoms with van der Waals surface area (Å²) in [5.74, 6) is 0.0261. The zero-order chi connectivity index (χ0) is 13.7. The van der Waals surface area contributed by atoms with Gasteiger partial charge in [0.1, 0.15) is 11.8 Å². The van der Waals surface area contributed by atoms with Gasteiger partial charge < -0.3 is 9.84 Å². The van der Waals surface area contributed by atoms with E-state index in [1.54, 1.807) is 7.11 Å². The van der Waals surface area contributed by atoms with Crippen molar-refractivity contribution in [3.8, 4) is 5.75 Å². The van der Waals surface area contributed by atoms with Gasteiger partial charge >= 0.3 is 5.97 Å². The Morgan fingerprint density at radius 3 is 2.17 bits per heavy atom. The Morgan fingerprint density at radius 1 is 1.22 bits per heavy atom. The highest BCUT2D eigenvalue weighted by atomic mass is 16.5. The number of ether oxygens (including phenoxy) is 1. The minimum Gasteiger partial charge on any atom is -0.497 e. The lowest BCUT2D eigenvalue weighted by Gasteiger charge is -2.23. The summed E-state index contributed by atoms with van der Waals surface area (Å²) in [4.78, 5) is 11.1. The van der Waals surface area contributed by atoms with E-state index in [-0.39, 0.29) is 12.0 Å². The number of nitrogens with one attached hydrogen (secondary N) is 1. The molecule has 0 bridgehead atoms. The molecule has 0 aliphatic heterocycles. The van der Waals surface area contributed by atoms with Gasteiger partial charge in [-0.25, -0.2) is 0 Å². The van der Waals surface area contributed by atoms with Gasteiger partial charge in [0.2, 0.25) is 0 Å². The average Bonchev–Trinajstić information content (AvgIpc) is 2.35. The van der Waals surface area contributed by atoms with E-state index in [0.29, 0.717) is 0 Å². The second-order valence-electron chi connectivity index (χ2n) is 4.72. The molecule has 0 fully saturated rings. The lowest BCUT2D eigenvalue weighted by Crippen LogP contribution is -2.42. The highest BCUT2D eigenvalue weighted by Crippen LogP contribution is 2.18. The molecule has 0 spiro atoms. The van der Waals surface area contributed by atoms with Crippen LogP contribution in [0, 0.1) is 5.92 Å². The van der Waals surface area contributed by atoms with Crippen molar-refractivity contribution in [2.24, 2.45) is 5.92 Å². The number of aliphatic carboxylic acids is 1. The normalized spacial score (nSPS) is 14.3. The molecule has 1 rings (SSSR count). The molecule has 2 N–H and O–H groups in total. The first-order chi connectivity index (χ1) is 8.45. The van der Waals surface area contributed by atoms with Crippen LogP contribution in [0.4, 0.5) is 0 Å². The smallest absolute Gasteiger partial charge is 0.320 e. The van der Waals surface area contributed by atoms with E-state index in [0.717, 1.165) is 11.3 Å². The third-order valence-corrected chi connectivity index (χ3v) is 2.98. The van der Waals surface area contributed by atoms with Crippen molar-refractivity contribution in [3.63, 3.8) is 0 Å². The fourth-order valence-corrected chi connectivity index (χ4v) is 1.81. The number of benzene rings is 1. The Morgan fingerprint density at radius 2 is 1.78 bits per heavy atom. The standard InChI is InChI=1S/C14H21NO3/c1-9(2)13(14(16)17)15-10(3)11-5-7-12(18-4)8-6-11/h5-10,13,15H,1-4H3,(H,16,17). The molecule has 4 nitrogen and oxygen atoms in total. The van der Waals surface area contributed by atoms with Crippen molar-refractivity contribution in [3.05, 3.63) is 29.8 Å². The Balaban J connectivity index is 2.73. The predicted molar refractivity (Wildman–Crippen MR) is 70.8 cm³/mol. The Hall–Kier alpha value is -1.55. The first-order valence-electron chi connectivity index (χ1n) is 6.08. The maximum atomic E-state index is 11.1. The summed E-state index contributed by atoms with van der Waals surface area (Å²) in [6.07, 6.45) is 0. The van der Waals surface area contributed by atoms with Crippen LogP contribution >= 0.6 is 0 Å². The van der Waals surface area contributed by atoms with Crippen molar-refractivity contribution < 1.29 is 14.6 Å². The van der Waals surface area contributed by atoms with E-state index in [4.69, 9.17) is 9.84 Å². The maximum absolute atomic E-state index is 11.1. The molecule has 18 heavy (non-hydrogen) atoms. The molecular formula is C14H21NO3. The number of carboxylic acids is 1. The third kappa shape index (κ3) is 3.74. The van der Waals surface area contributed by atoms with Crippen LogP contribution in [0.2, 0.25) is 0 Å². The van der Waals surface area contributed by atoms with Gasteiger partial charge in [0, 0.05) is 6.04 Å². The van der Waals surface area contributed by atoms with Crippen LogP contribution in [-0.2, 0) is 4.79 Å². The van der Waals surface area contributed by atoms with Gasteiger partial charge in [-0.1, -0.05) is 26.0 Å². The van der Waals surface area contributed by atoms with Gasteiger partial charge in [0.05, 0.1) is 7.11 Å². The highest BCUT2D eigenvalue weighted by molar-refractivity contribution is 5.73. The maximum Gasteiger partial charge on any atom is 0.320 e. The summed E-state index contributed by atoms with van der Waals surface area (Å²) in [5, 5.41) is 12.3. The quantitative estimate of drug-likeness (QED) is 0.815. The lowest BCUT2D eigenvalue weighted by molar-refractivity contribution is -0.140. The molecular weight excluding hydrogens is 230 g/mol. The molecule has 2 unspecified atom stereocenters. The molecule has 0 heterocycles. The van der Waals surface area contributed by atoms with E-state index in [1.165, 1.54) is 0 Å². The van der Waals surface area contributed by atoms with Crippen molar-refractivity contribution >= 4 is 5.97 Å². The van der Waals surface area contributed by atoms with Crippen molar-refractivity contribution in [2.75, 3.05) is 7.11 Å². The number of methoxy groups -OCH3 is 1. The van der Waals surface area contributed by atoms with Crippen LogP contribution in [0.15, 0.2) is 24.3 Å². The molecule has 0 aromatic heterocycles. The molecule has 0 saturated heterocycles. The molecule has 2 atom stereocenters. The lowest BCUT2D eigenvalue weighted by atomic mass is 10.0. The molecule has 0 amide bonds. The second-order valence-corrected chi connectivity index (χ2v) is 4.72. The predicted octanol–water partition coefficient (Wildman–Crippen LogP) is 2.46. The van der Waals surface area contributed by atoms with Crippen LogP contribution in [0.5, 0.6) is 5.75 Å². The summed E-state index contributed by atoms with van der Waals surface area (Å²) < 4.78 is 5.09. The van der Waals surface area contributed by atoms with Gasteiger partial charge in [-0.2, -0.15) is 0 Å². The summed E-state index contributed by atoms with van der Waals surface area (Å²) in [5.41, 5.74) is 1.04. The molecule has 1 aromatic carbocycles. The van der Waals surface area contributed by atoms with Crippen molar-refractivity contribution in [1.29, 1.82) is 0 Å². The van der Waals surface area contributed by atoms with Crippen LogP contribution in [-0.4, -0.2) is 24.2 Å².